The molecule has 2 rings (SSSR count). The predicted molar refractivity (Wildman–Crippen MR) is 71.6 cm³/mol. The zero-order valence-electron chi connectivity index (χ0n) is 11.6. The summed E-state index contributed by atoms with van der Waals surface area (Å²) in [5.74, 6) is -1.25. The molecule has 1 saturated carbocycles. The summed E-state index contributed by atoms with van der Waals surface area (Å²) in [6, 6.07) is 5.65. The van der Waals surface area contributed by atoms with Gasteiger partial charge in [0.05, 0.1) is 17.0 Å². The summed E-state index contributed by atoms with van der Waals surface area (Å²) in [6.45, 7) is 2.04. The number of aliphatic hydroxyl groups excluding tert-OH is 1. The second kappa shape index (κ2) is 5.88. The molecule has 0 spiro atoms. The van der Waals surface area contributed by atoms with Gasteiger partial charge in [0.25, 0.3) is 0 Å². The van der Waals surface area contributed by atoms with Crippen molar-refractivity contribution >= 4 is 0 Å². The van der Waals surface area contributed by atoms with Gasteiger partial charge in [0.15, 0.2) is 0 Å². The molecule has 2 nitrogen and oxygen atoms in total. The molecule has 1 aromatic rings. The lowest BCUT2D eigenvalue weighted by Gasteiger charge is -2.39. The lowest BCUT2D eigenvalue weighted by atomic mass is 9.65. The molecule has 1 aromatic carbocycles. The van der Waals surface area contributed by atoms with Crippen LogP contribution in [0.15, 0.2) is 18.2 Å². The lowest BCUT2D eigenvalue weighted by Crippen LogP contribution is -2.34. The fraction of sp³-hybridized carbons (Fsp3) is 0.562. The van der Waals surface area contributed by atoms with Crippen molar-refractivity contribution in [2.45, 2.75) is 45.1 Å². The van der Waals surface area contributed by atoms with Crippen LogP contribution < -0.4 is 0 Å². The highest BCUT2D eigenvalue weighted by Crippen LogP contribution is 2.49. The van der Waals surface area contributed by atoms with E-state index in [0.717, 1.165) is 31.4 Å². The van der Waals surface area contributed by atoms with E-state index in [-0.39, 0.29) is 5.56 Å². The van der Waals surface area contributed by atoms with Gasteiger partial charge in [-0.1, -0.05) is 32.3 Å². The van der Waals surface area contributed by atoms with Gasteiger partial charge < -0.3 is 5.11 Å². The van der Waals surface area contributed by atoms with Gasteiger partial charge in [0.1, 0.15) is 17.7 Å². The Morgan fingerprint density at radius 1 is 1.45 bits per heavy atom. The molecule has 3 atom stereocenters. The van der Waals surface area contributed by atoms with Crippen molar-refractivity contribution in [1.82, 2.24) is 0 Å². The zero-order chi connectivity index (χ0) is 14.8. The Morgan fingerprint density at radius 2 is 2.10 bits per heavy atom. The van der Waals surface area contributed by atoms with Crippen LogP contribution in [-0.2, 0) is 0 Å². The second-order valence-electron chi connectivity index (χ2n) is 5.68. The number of benzene rings is 1. The summed E-state index contributed by atoms with van der Waals surface area (Å²) >= 11 is 0. The van der Waals surface area contributed by atoms with E-state index in [0.29, 0.717) is 18.8 Å². The molecule has 20 heavy (non-hydrogen) atoms. The van der Waals surface area contributed by atoms with Crippen LogP contribution in [0, 0.1) is 34.3 Å². The van der Waals surface area contributed by atoms with Crippen LogP contribution in [0.1, 0.15) is 50.7 Å². The number of halogens is 2. The first-order chi connectivity index (χ1) is 9.54. The molecular weight excluding hydrogens is 260 g/mol. The molecule has 0 amide bonds. The first kappa shape index (κ1) is 14.9. The molecule has 0 bridgehead atoms. The molecule has 0 aromatic heterocycles. The topological polar surface area (TPSA) is 44.0 Å². The molecule has 4 heteroatoms. The van der Waals surface area contributed by atoms with Crippen LogP contribution in [0.3, 0.4) is 0 Å². The summed E-state index contributed by atoms with van der Waals surface area (Å²) in [5, 5.41) is 20.0. The number of rotatable bonds is 3. The highest BCUT2D eigenvalue weighted by Gasteiger charge is 2.44. The van der Waals surface area contributed by atoms with E-state index in [2.05, 4.69) is 6.07 Å². The average Bonchev–Trinajstić information content (AvgIpc) is 2.46. The summed E-state index contributed by atoms with van der Waals surface area (Å²) in [7, 11) is 0. The van der Waals surface area contributed by atoms with Crippen molar-refractivity contribution in [3.8, 4) is 6.07 Å². The highest BCUT2D eigenvalue weighted by atomic mass is 19.1. The first-order valence-electron chi connectivity index (χ1n) is 7.07. The van der Waals surface area contributed by atoms with E-state index >= 15 is 0 Å². The molecule has 0 saturated heterocycles. The van der Waals surface area contributed by atoms with Crippen molar-refractivity contribution in [2.75, 3.05) is 0 Å². The second-order valence-corrected chi connectivity index (χ2v) is 5.68. The first-order valence-corrected chi connectivity index (χ1v) is 7.07. The molecule has 1 aliphatic rings. The van der Waals surface area contributed by atoms with Crippen LogP contribution in [0.2, 0.25) is 0 Å². The average molecular weight is 279 g/mol. The number of hydrogen-bond acceptors (Lipinski definition) is 2. The molecule has 0 radical (unpaired) electrons. The summed E-state index contributed by atoms with van der Waals surface area (Å²) in [4.78, 5) is 0. The van der Waals surface area contributed by atoms with Gasteiger partial charge in [0.2, 0.25) is 0 Å². The van der Waals surface area contributed by atoms with Crippen LogP contribution in [0.4, 0.5) is 8.78 Å². The number of aliphatic hydroxyl groups is 1. The van der Waals surface area contributed by atoms with E-state index in [1.54, 1.807) is 0 Å². The number of nitrogens with zero attached hydrogens (tertiary/aromatic N) is 1. The molecular formula is C16H19F2NO. The number of nitriles is 1. The van der Waals surface area contributed by atoms with Gasteiger partial charge in [-0.2, -0.15) is 5.26 Å². The van der Waals surface area contributed by atoms with Crippen molar-refractivity contribution in [3.05, 3.63) is 35.4 Å². The standard InChI is InChI=1S/C16H19F2NO/c1-2-11-5-4-8-16(9-11,10-19)15(20)14-12(17)6-3-7-13(14)18/h3,6-7,11,15,20H,2,4-5,8-9H2,1H3. The quantitative estimate of drug-likeness (QED) is 0.905. The van der Waals surface area contributed by atoms with E-state index in [9.17, 15) is 19.1 Å². The van der Waals surface area contributed by atoms with Gasteiger partial charge >= 0.3 is 0 Å². The van der Waals surface area contributed by atoms with Crippen LogP contribution in [0.25, 0.3) is 0 Å². The van der Waals surface area contributed by atoms with Crippen LogP contribution in [-0.4, -0.2) is 5.11 Å². The van der Waals surface area contributed by atoms with Crippen LogP contribution >= 0.6 is 0 Å². The van der Waals surface area contributed by atoms with E-state index in [1.165, 1.54) is 6.07 Å². The van der Waals surface area contributed by atoms with Crippen molar-refractivity contribution in [1.29, 1.82) is 5.26 Å². The minimum absolute atomic E-state index is 0.327. The number of hydrogen-bond donors (Lipinski definition) is 1. The molecule has 108 valence electrons. The molecule has 0 heterocycles. The Bertz CT molecular complexity index is 505. The van der Waals surface area contributed by atoms with Crippen molar-refractivity contribution in [3.63, 3.8) is 0 Å². The molecule has 1 aliphatic carbocycles. The van der Waals surface area contributed by atoms with Gasteiger partial charge in [-0.3, -0.25) is 0 Å². The fourth-order valence-electron chi connectivity index (χ4n) is 3.23. The maximum atomic E-state index is 13.8. The van der Waals surface area contributed by atoms with Gasteiger partial charge in [-0.05, 0) is 30.9 Å². The Hall–Kier alpha value is -1.47. The largest absolute Gasteiger partial charge is 0.387 e. The monoisotopic (exact) mass is 279 g/mol. The Morgan fingerprint density at radius 3 is 2.65 bits per heavy atom. The third-order valence-corrected chi connectivity index (χ3v) is 4.48. The maximum absolute atomic E-state index is 13.8. The van der Waals surface area contributed by atoms with Gasteiger partial charge in [-0.25, -0.2) is 8.78 Å². The Kier molecular flexibility index (Phi) is 4.39. The van der Waals surface area contributed by atoms with E-state index in [4.69, 9.17) is 0 Å². The highest BCUT2D eigenvalue weighted by molar-refractivity contribution is 5.26. The maximum Gasteiger partial charge on any atom is 0.132 e. The minimum Gasteiger partial charge on any atom is -0.387 e. The SMILES string of the molecule is CCC1CCCC(C#N)(C(O)c2c(F)cccc2F)C1. The lowest BCUT2D eigenvalue weighted by molar-refractivity contribution is 0.0138. The van der Waals surface area contributed by atoms with Gasteiger partial charge in [0, 0.05) is 0 Å². The van der Waals surface area contributed by atoms with Crippen molar-refractivity contribution in [2.24, 2.45) is 11.3 Å². The van der Waals surface area contributed by atoms with Crippen molar-refractivity contribution < 1.29 is 13.9 Å². The fourth-order valence-corrected chi connectivity index (χ4v) is 3.23. The molecule has 1 fully saturated rings. The molecule has 3 unspecified atom stereocenters. The van der Waals surface area contributed by atoms with E-state index in [1.807, 2.05) is 6.92 Å². The predicted octanol–water partition coefficient (Wildman–Crippen LogP) is 4.11. The minimum atomic E-state index is -1.41. The Labute approximate surface area is 118 Å². The summed E-state index contributed by atoms with van der Waals surface area (Å²) in [6.07, 6.45) is 2.29. The molecule has 0 aliphatic heterocycles. The van der Waals surface area contributed by atoms with Crippen LogP contribution in [0.5, 0.6) is 0 Å². The summed E-state index contributed by atoms with van der Waals surface area (Å²) < 4.78 is 27.7. The smallest absolute Gasteiger partial charge is 0.132 e. The third-order valence-electron chi connectivity index (χ3n) is 4.48. The Balaban J connectivity index is 2.39. The van der Waals surface area contributed by atoms with Gasteiger partial charge in [-0.15, -0.1) is 0 Å². The van der Waals surface area contributed by atoms with E-state index < -0.39 is 23.2 Å². The molecule has 1 N–H and O–H groups in total. The normalized spacial score (nSPS) is 27.9. The zero-order valence-corrected chi connectivity index (χ0v) is 11.6. The third kappa shape index (κ3) is 2.55. The summed E-state index contributed by atoms with van der Waals surface area (Å²) in [5.41, 5.74) is -1.45.